The summed E-state index contributed by atoms with van der Waals surface area (Å²) in [6.07, 6.45) is 3.33. The van der Waals surface area contributed by atoms with Crippen LogP contribution >= 0.6 is 23.4 Å². The summed E-state index contributed by atoms with van der Waals surface area (Å²) >= 11 is 7.34. The maximum absolute atomic E-state index is 11.9. The molecule has 0 saturated carbocycles. The van der Waals surface area contributed by atoms with Crippen molar-refractivity contribution in [2.24, 2.45) is 0 Å². The number of benzene rings is 1. The summed E-state index contributed by atoms with van der Waals surface area (Å²) in [5.41, 5.74) is 1.02. The molecule has 5 nitrogen and oxygen atoms in total. The summed E-state index contributed by atoms with van der Waals surface area (Å²) in [5, 5.41) is 4.23. The highest BCUT2D eigenvalue weighted by atomic mass is 35.5. The van der Waals surface area contributed by atoms with E-state index in [4.69, 9.17) is 16.3 Å². The second kappa shape index (κ2) is 7.28. The SMILES string of the molecule is CCOC(=O)c1cnc(SC)nc1Nc1cccc(Cl)c1. The van der Waals surface area contributed by atoms with Crippen LogP contribution in [0.2, 0.25) is 5.02 Å². The van der Waals surface area contributed by atoms with Crippen LogP contribution in [-0.4, -0.2) is 28.8 Å². The van der Waals surface area contributed by atoms with Gasteiger partial charge in [0.2, 0.25) is 0 Å². The lowest BCUT2D eigenvalue weighted by Crippen LogP contribution is -2.10. The zero-order valence-electron chi connectivity index (χ0n) is 11.6. The Morgan fingerprint density at radius 3 is 2.95 bits per heavy atom. The van der Waals surface area contributed by atoms with Gasteiger partial charge >= 0.3 is 5.97 Å². The predicted molar refractivity (Wildman–Crippen MR) is 84.5 cm³/mol. The van der Waals surface area contributed by atoms with Crippen molar-refractivity contribution in [1.82, 2.24) is 9.97 Å². The summed E-state index contributed by atoms with van der Waals surface area (Å²) in [5.74, 6) is -0.0650. The van der Waals surface area contributed by atoms with Crippen molar-refractivity contribution in [2.75, 3.05) is 18.2 Å². The second-order valence-electron chi connectivity index (χ2n) is 3.97. The van der Waals surface area contributed by atoms with E-state index in [-0.39, 0.29) is 5.56 Å². The molecule has 0 spiro atoms. The molecule has 0 aliphatic heterocycles. The normalized spacial score (nSPS) is 10.2. The monoisotopic (exact) mass is 323 g/mol. The van der Waals surface area contributed by atoms with Gasteiger partial charge in [-0.05, 0) is 31.4 Å². The van der Waals surface area contributed by atoms with Gasteiger partial charge in [0.15, 0.2) is 5.16 Å². The summed E-state index contributed by atoms with van der Waals surface area (Å²) in [7, 11) is 0. The molecular formula is C14H14ClN3O2S. The Morgan fingerprint density at radius 1 is 1.48 bits per heavy atom. The topological polar surface area (TPSA) is 64.1 Å². The fourth-order valence-electron chi connectivity index (χ4n) is 1.62. The number of carbonyl (C=O) groups excluding carboxylic acids is 1. The number of nitrogens with zero attached hydrogens (tertiary/aromatic N) is 2. The Bertz CT molecular complexity index is 652. The maximum atomic E-state index is 11.9. The van der Waals surface area contributed by atoms with E-state index < -0.39 is 5.97 Å². The maximum Gasteiger partial charge on any atom is 0.343 e. The number of carbonyl (C=O) groups is 1. The minimum atomic E-state index is -0.463. The van der Waals surface area contributed by atoms with E-state index in [1.165, 1.54) is 18.0 Å². The summed E-state index contributed by atoms with van der Waals surface area (Å²) in [6, 6.07) is 7.16. The van der Waals surface area contributed by atoms with Crippen LogP contribution in [0.15, 0.2) is 35.6 Å². The highest BCUT2D eigenvalue weighted by Gasteiger charge is 2.16. The van der Waals surface area contributed by atoms with Crippen molar-refractivity contribution >= 4 is 40.8 Å². The molecule has 2 rings (SSSR count). The number of halogens is 1. The Labute approximate surface area is 132 Å². The van der Waals surface area contributed by atoms with Gasteiger partial charge in [-0.2, -0.15) is 0 Å². The smallest absolute Gasteiger partial charge is 0.343 e. The molecule has 0 amide bonds. The van der Waals surface area contributed by atoms with Crippen LogP contribution in [0, 0.1) is 0 Å². The van der Waals surface area contributed by atoms with Gasteiger partial charge in [0, 0.05) is 16.9 Å². The van der Waals surface area contributed by atoms with Gasteiger partial charge in [0.25, 0.3) is 0 Å². The average Bonchev–Trinajstić information content (AvgIpc) is 2.47. The van der Waals surface area contributed by atoms with Crippen LogP contribution in [0.25, 0.3) is 0 Å². The van der Waals surface area contributed by atoms with Gasteiger partial charge in [0.1, 0.15) is 11.4 Å². The molecule has 1 aromatic carbocycles. The van der Waals surface area contributed by atoms with E-state index in [2.05, 4.69) is 15.3 Å². The largest absolute Gasteiger partial charge is 0.462 e. The van der Waals surface area contributed by atoms with E-state index in [9.17, 15) is 4.79 Å². The molecular weight excluding hydrogens is 310 g/mol. The van der Waals surface area contributed by atoms with Gasteiger partial charge in [0.05, 0.1) is 6.61 Å². The third-order valence-corrected chi connectivity index (χ3v) is 3.33. The quantitative estimate of drug-likeness (QED) is 0.513. The lowest BCUT2D eigenvalue weighted by atomic mass is 10.2. The molecule has 7 heteroatoms. The lowest BCUT2D eigenvalue weighted by molar-refractivity contribution is 0.0526. The first-order chi connectivity index (χ1) is 10.1. The van der Waals surface area contributed by atoms with Gasteiger partial charge in [-0.1, -0.05) is 29.4 Å². The molecule has 0 radical (unpaired) electrons. The first-order valence-corrected chi connectivity index (χ1v) is 7.85. The number of esters is 1. The number of hydrogen-bond acceptors (Lipinski definition) is 6. The Morgan fingerprint density at radius 2 is 2.29 bits per heavy atom. The number of rotatable bonds is 5. The van der Waals surface area contributed by atoms with E-state index in [0.29, 0.717) is 22.6 Å². The van der Waals surface area contributed by atoms with Crippen LogP contribution in [-0.2, 0) is 4.74 Å². The standard InChI is InChI=1S/C14H14ClN3O2S/c1-3-20-13(19)11-8-16-14(21-2)18-12(11)17-10-6-4-5-9(15)7-10/h4-8H,3H2,1-2H3,(H,16,17,18). The molecule has 2 aromatic rings. The van der Waals surface area contributed by atoms with E-state index in [0.717, 1.165) is 5.69 Å². The third kappa shape index (κ3) is 4.09. The Balaban J connectivity index is 2.37. The number of ether oxygens (including phenoxy) is 1. The number of nitrogens with one attached hydrogen (secondary N) is 1. The second-order valence-corrected chi connectivity index (χ2v) is 5.18. The van der Waals surface area contributed by atoms with Crippen molar-refractivity contribution in [2.45, 2.75) is 12.1 Å². The molecule has 0 unspecified atom stereocenters. The van der Waals surface area contributed by atoms with Crippen LogP contribution in [0.3, 0.4) is 0 Å². The van der Waals surface area contributed by atoms with Crippen molar-refractivity contribution < 1.29 is 9.53 Å². The molecule has 21 heavy (non-hydrogen) atoms. The van der Waals surface area contributed by atoms with Crippen molar-refractivity contribution in [3.8, 4) is 0 Å². The van der Waals surface area contributed by atoms with Crippen molar-refractivity contribution in [1.29, 1.82) is 0 Å². The van der Waals surface area contributed by atoms with E-state index >= 15 is 0 Å². The third-order valence-electron chi connectivity index (χ3n) is 2.53. The number of anilines is 2. The molecule has 0 bridgehead atoms. The Hall–Kier alpha value is -1.79. The van der Waals surface area contributed by atoms with Gasteiger partial charge in [-0.15, -0.1) is 0 Å². The molecule has 0 fully saturated rings. The average molecular weight is 324 g/mol. The highest BCUT2D eigenvalue weighted by Crippen LogP contribution is 2.23. The van der Waals surface area contributed by atoms with Crippen LogP contribution < -0.4 is 5.32 Å². The fourth-order valence-corrected chi connectivity index (χ4v) is 2.15. The van der Waals surface area contributed by atoms with E-state index in [1.54, 1.807) is 19.1 Å². The molecule has 0 saturated heterocycles. The van der Waals surface area contributed by atoms with E-state index in [1.807, 2.05) is 18.4 Å². The minimum absolute atomic E-state index is 0.287. The van der Waals surface area contributed by atoms with Crippen molar-refractivity contribution in [3.63, 3.8) is 0 Å². The van der Waals surface area contributed by atoms with Crippen molar-refractivity contribution in [3.05, 3.63) is 41.0 Å². The zero-order chi connectivity index (χ0) is 15.2. The number of hydrogen-bond donors (Lipinski definition) is 1. The molecule has 0 aliphatic carbocycles. The minimum Gasteiger partial charge on any atom is -0.462 e. The van der Waals surface area contributed by atoms with Gasteiger partial charge in [-0.3, -0.25) is 0 Å². The molecule has 0 atom stereocenters. The Kier molecular flexibility index (Phi) is 5.41. The van der Waals surface area contributed by atoms with Crippen LogP contribution in [0.4, 0.5) is 11.5 Å². The molecule has 1 heterocycles. The number of thioether (sulfide) groups is 1. The molecule has 110 valence electrons. The van der Waals surface area contributed by atoms with Gasteiger partial charge < -0.3 is 10.1 Å². The van der Waals surface area contributed by atoms with Gasteiger partial charge in [-0.25, -0.2) is 14.8 Å². The van der Waals surface area contributed by atoms with Crippen LogP contribution in [0.1, 0.15) is 17.3 Å². The summed E-state index contributed by atoms with van der Waals surface area (Å²) in [6.45, 7) is 2.04. The predicted octanol–water partition coefficient (Wildman–Crippen LogP) is 3.77. The van der Waals surface area contributed by atoms with Crippen LogP contribution in [0.5, 0.6) is 0 Å². The highest BCUT2D eigenvalue weighted by molar-refractivity contribution is 7.98. The summed E-state index contributed by atoms with van der Waals surface area (Å²) < 4.78 is 5.01. The summed E-state index contributed by atoms with van der Waals surface area (Å²) in [4.78, 5) is 20.4. The molecule has 1 aromatic heterocycles. The first-order valence-electron chi connectivity index (χ1n) is 6.24. The lowest BCUT2D eigenvalue weighted by Gasteiger charge is -2.11. The zero-order valence-corrected chi connectivity index (χ0v) is 13.2. The fraction of sp³-hybridized carbons (Fsp3) is 0.214. The first kappa shape index (κ1) is 15.6. The molecule has 0 aliphatic rings. The number of aromatic nitrogens is 2. The molecule has 1 N–H and O–H groups in total.